The first kappa shape index (κ1) is 21.5. The summed E-state index contributed by atoms with van der Waals surface area (Å²) in [7, 11) is -3.83. The number of rotatable bonds is 10. The molecule has 0 bridgehead atoms. The van der Waals surface area contributed by atoms with Crippen LogP contribution in [-0.2, 0) is 25.9 Å². The van der Waals surface area contributed by atoms with Crippen molar-refractivity contribution in [1.29, 1.82) is 0 Å². The fourth-order valence-electron chi connectivity index (χ4n) is 2.45. The van der Waals surface area contributed by atoms with Crippen molar-refractivity contribution in [2.45, 2.75) is 35.1 Å². The predicted octanol–water partition coefficient (Wildman–Crippen LogP) is 1.76. The topological polar surface area (TPSA) is 141 Å². The number of hydrogen-bond donors (Lipinski definition) is 2. The van der Waals surface area contributed by atoms with Crippen molar-refractivity contribution in [1.82, 2.24) is 0 Å². The van der Waals surface area contributed by atoms with Crippen molar-refractivity contribution in [3.05, 3.63) is 41.8 Å². The third-order valence-corrected chi connectivity index (χ3v) is 7.52. The number of aliphatic carboxylic acids is 1. The number of carbonyl (C=O) groups is 1. The number of carboxylic acid groups (broad SMARTS) is 1. The normalized spacial score (nSPS) is 13.9. The van der Waals surface area contributed by atoms with Crippen molar-refractivity contribution >= 4 is 43.4 Å². The van der Waals surface area contributed by atoms with E-state index >= 15 is 0 Å². The molecule has 1 aromatic carbocycles. The second kappa shape index (κ2) is 9.42. The zero-order valence-corrected chi connectivity index (χ0v) is 16.6. The van der Waals surface area contributed by atoms with Crippen LogP contribution in [-0.4, -0.2) is 40.8 Å². The maximum atomic E-state index is 12.7. The summed E-state index contributed by atoms with van der Waals surface area (Å²) in [6, 6.07) is 7.56. The van der Waals surface area contributed by atoms with Gasteiger partial charge in [-0.05, 0) is 44.0 Å². The van der Waals surface area contributed by atoms with Gasteiger partial charge in [-0.15, -0.1) is 11.3 Å². The lowest BCUT2D eigenvalue weighted by atomic mass is 10.1. The van der Waals surface area contributed by atoms with Crippen molar-refractivity contribution in [2.24, 2.45) is 5.73 Å². The monoisotopic (exact) mass is 431 g/mol. The van der Waals surface area contributed by atoms with Crippen LogP contribution in [0.4, 0.5) is 5.00 Å². The van der Waals surface area contributed by atoms with Gasteiger partial charge in [-0.3, -0.25) is 8.51 Å². The highest BCUT2D eigenvalue weighted by Crippen LogP contribution is 2.33. The zero-order valence-electron chi connectivity index (χ0n) is 14.2. The number of thiophene rings is 1. The van der Waals surface area contributed by atoms with Crippen LogP contribution < -0.4 is 10.0 Å². The van der Waals surface area contributed by atoms with Crippen LogP contribution in [0, 0.1) is 0 Å². The molecule has 1 aromatic heterocycles. The van der Waals surface area contributed by atoms with E-state index in [2.05, 4.69) is 0 Å². The molecule has 0 radical (unpaired) electrons. The Bertz CT molecular complexity index is 898. The van der Waals surface area contributed by atoms with Gasteiger partial charge in [0.2, 0.25) is 9.84 Å². The largest absolute Gasteiger partial charge is 0.755 e. The molecule has 3 N–H and O–H groups in total. The molecular weight excluding hydrogens is 412 g/mol. The average molecular weight is 432 g/mol. The highest BCUT2D eigenvalue weighted by Gasteiger charge is 2.29. The Morgan fingerprint density at radius 2 is 1.93 bits per heavy atom. The first-order valence-electron chi connectivity index (χ1n) is 7.99. The number of carboxylic acids is 1. The molecule has 0 aliphatic rings. The minimum absolute atomic E-state index is 0.0259. The second-order valence-corrected chi connectivity index (χ2v) is 9.29. The summed E-state index contributed by atoms with van der Waals surface area (Å²) in [5, 5.41) is 10.8. The highest BCUT2D eigenvalue weighted by molar-refractivity contribution is 7.91. The summed E-state index contributed by atoms with van der Waals surface area (Å²) in [6.45, 7) is 0.366. The molecule has 2 aromatic rings. The lowest BCUT2D eigenvalue weighted by Gasteiger charge is -2.30. The third kappa shape index (κ3) is 5.14. The van der Waals surface area contributed by atoms with Gasteiger partial charge >= 0.3 is 5.97 Å². The van der Waals surface area contributed by atoms with E-state index in [1.807, 2.05) is 0 Å². The van der Waals surface area contributed by atoms with Gasteiger partial charge in [0.25, 0.3) is 0 Å². The molecule has 0 saturated heterocycles. The van der Waals surface area contributed by atoms with Crippen LogP contribution in [0.3, 0.4) is 0 Å². The summed E-state index contributed by atoms with van der Waals surface area (Å²) in [4.78, 5) is 11.6. The van der Waals surface area contributed by atoms with Crippen LogP contribution in [0.5, 0.6) is 0 Å². The molecule has 2 atom stereocenters. The molecule has 0 aliphatic carbocycles. The fraction of sp³-hybridized carbons (Fsp3) is 0.312. The average Bonchev–Trinajstić information content (AvgIpc) is 3.11. The van der Waals surface area contributed by atoms with E-state index in [1.165, 1.54) is 23.6 Å². The number of benzene rings is 1. The summed E-state index contributed by atoms with van der Waals surface area (Å²) < 4.78 is 49.4. The van der Waals surface area contributed by atoms with Gasteiger partial charge in [-0.1, -0.05) is 18.2 Å². The Kier molecular flexibility index (Phi) is 7.50. The maximum Gasteiger partial charge on any atom is 0.327 e. The molecule has 0 saturated carbocycles. The number of sulfone groups is 1. The van der Waals surface area contributed by atoms with Crippen molar-refractivity contribution in [3.63, 3.8) is 0 Å². The van der Waals surface area contributed by atoms with Gasteiger partial charge in [-0.25, -0.2) is 13.2 Å². The standard InChI is InChI=1S/C16H20N2O6S3/c17-9-5-4-8-14(16(19)20)18(26(21)22)15-10-13(11-25-15)27(23,24)12-6-2-1-3-7-12/h1-3,6-7,10-11,14H,4-5,8-9,17H2,(H,19,20)(H,21,22)/p-1. The van der Waals surface area contributed by atoms with Gasteiger partial charge in [0.05, 0.1) is 9.79 Å². The van der Waals surface area contributed by atoms with Crippen LogP contribution in [0.15, 0.2) is 51.6 Å². The van der Waals surface area contributed by atoms with Crippen molar-refractivity contribution < 1.29 is 27.1 Å². The fourth-order valence-corrected chi connectivity index (χ4v) is 5.88. The van der Waals surface area contributed by atoms with E-state index < -0.39 is 33.1 Å². The van der Waals surface area contributed by atoms with E-state index in [0.717, 1.165) is 11.3 Å². The van der Waals surface area contributed by atoms with E-state index in [0.29, 0.717) is 23.7 Å². The Morgan fingerprint density at radius 3 is 2.48 bits per heavy atom. The molecule has 0 amide bonds. The first-order valence-corrected chi connectivity index (χ1v) is 11.4. The Hall–Kier alpha value is -1.79. The molecule has 2 rings (SSSR count). The molecule has 0 fully saturated rings. The minimum atomic E-state index is -3.83. The van der Waals surface area contributed by atoms with Gasteiger partial charge in [-0.2, -0.15) is 0 Å². The number of unbranched alkanes of at least 4 members (excludes halogenated alkanes) is 1. The number of anilines is 1. The lowest BCUT2D eigenvalue weighted by molar-refractivity contribution is -0.138. The van der Waals surface area contributed by atoms with Crippen LogP contribution in [0.25, 0.3) is 0 Å². The number of nitrogens with two attached hydrogens (primary N) is 1. The van der Waals surface area contributed by atoms with E-state index in [1.54, 1.807) is 18.2 Å². The molecule has 0 aliphatic heterocycles. The summed E-state index contributed by atoms with van der Waals surface area (Å²) >= 11 is -2.02. The summed E-state index contributed by atoms with van der Waals surface area (Å²) in [6.07, 6.45) is 1.06. The molecule has 8 nitrogen and oxygen atoms in total. The summed E-state index contributed by atoms with van der Waals surface area (Å²) in [5.74, 6) is -1.31. The Balaban J connectivity index is 2.37. The molecule has 2 unspecified atom stereocenters. The Labute approximate surface area is 164 Å². The molecular formula is C16H19N2O6S3-. The van der Waals surface area contributed by atoms with Gasteiger partial charge < -0.3 is 15.4 Å². The maximum absolute atomic E-state index is 12.7. The Morgan fingerprint density at radius 1 is 1.26 bits per heavy atom. The lowest BCUT2D eigenvalue weighted by Crippen LogP contribution is -2.42. The third-order valence-electron chi connectivity index (χ3n) is 3.80. The quantitative estimate of drug-likeness (QED) is 0.431. The second-order valence-electron chi connectivity index (χ2n) is 5.62. The molecule has 27 heavy (non-hydrogen) atoms. The molecule has 148 valence electrons. The van der Waals surface area contributed by atoms with E-state index in [4.69, 9.17) is 5.73 Å². The van der Waals surface area contributed by atoms with Crippen LogP contribution in [0.2, 0.25) is 0 Å². The predicted molar refractivity (Wildman–Crippen MR) is 102 cm³/mol. The van der Waals surface area contributed by atoms with Gasteiger partial charge in [0.15, 0.2) is 0 Å². The SMILES string of the molecule is NCCCCC(C(=O)O)N(c1cc(S(=O)(=O)c2ccccc2)cs1)S(=O)[O-]. The highest BCUT2D eigenvalue weighted by atomic mass is 32.2. The van der Waals surface area contributed by atoms with Crippen molar-refractivity contribution in [3.8, 4) is 0 Å². The smallest absolute Gasteiger partial charge is 0.327 e. The van der Waals surface area contributed by atoms with Crippen LogP contribution in [0.1, 0.15) is 19.3 Å². The summed E-state index contributed by atoms with van der Waals surface area (Å²) in [5.41, 5.74) is 5.40. The molecule has 0 spiro atoms. The number of nitrogens with zero attached hydrogens (tertiary/aromatic N) is 1. The zero-order chi connectivity index (χ0) is 20.0. The van der Waals surface area contributed by atoms with E-state index in [-0.39, 0.29) is 21.2 Å². The molecule has 11 heteroatoms. The van der Waals surface area contributed by atoms with Gasteiger partial charge in [0.1, 0.15) is 11.0 Å². The number of hydrogen-bond acceptors (Lipinski definition) is 7. The van der Waals surface area contributed by atoms with Crippen LogP contribution >= 0.6 is 11.3 Å². The first-order chi connectivity index (χ1) is 12.8. The van der Waals surface area contributed by atoms with E-state index in [9.17, 15) is 27.1 Å². The van der Waals surface area contributed by atoms with Gasteiger partial charge in [0, 0.05) is 16.6 Å². The van der Waals surface area contributed by atoms with Crippen molar-refractivity contribution in [2.75, 3.05) is 10.8 Å². The molecule has 1 heterocycles. The minimum Gasteiger partial charge on any atom is -0.755 e.